The minimum absolute atomic E-state index is 0.0318. The number of ether oxygens (including phenoxy) is 1. The van der Waals surface area contributed by atoms with Gasteiger partial charge in [0.15, 0.2) is 0 Å². The van der Waals surface area contributed by atoms with Gasteiger partial charge in [-0.15, -0.1) is 0 Å². The zero-order valence-corrected chi connectivity index (χ0v) is 12.8. The van der Waals surface area contributed by atoms with Crippen molar-refractivity contribution < 1.29 is 24.9 Å². The number of methoxy groups -OCH3 is 1. The van der Waals surface area contributed by atoms with Gasteiger partial charge in [-0.3, -0.25) is 4.79 Å². The monoisotopic (exact) mass is 300 g/mol. The predicted octanol–water partition coefficient (Wildman–Crippen LogP) is 1.03. The largest absolute Gasteiger partial charge is 0.393 e. The summed E-state index contributed by atoms with van der Waals surface area (Å²) in [6.07, 6.45) is 3.67. The molecule has 2 aliphatic carbocycles. The van der Waals surface area contributed by atoms with Crippen molar-refractivity contribution in [1.82, 2.24) is 0 Å². The lowest BCUT2D eigenvalue weighted by atomic mass is 9.77. The molecule has 5 heteroatoms. The Morgan fingerprint density at radius 2 is 1.62 bits per heavy atom. The topological polar surface area (TPSA) is 87.0 Å². The molecule has 3 N–H and O–H groups in total. The summed E-state index contributed by atoms with van der Waals surface area (Å²) in [6, 6.07) is 0. The number of rotatable bonds is 5. The molecule has 0 aromatic rings. The first-order valence-electron chi connectivity index (χ1n) is 8.11. The number of hydrogen-bond acceptors (Lipinski definition) is 5. The van der Waals surface area contributed by atoms with Crippen LogP contribution in [0, 0.1) is 11.8 Å². The molecule has 2 saturated carbocycles. The second-order valence-electron chi connectivity index (χ2n) is 6.67. The molecule has 0 radical (unpaired) electrons. The maximum absolute atomic E-state index is 12.3. The smallest absolute Gasteiger partial charge is 0.141 e. The first kappa shape index (κ1) is 16.9. The molecule has 2 rings (SSSR count). The zero-order valence-electron chi connectivity index (χ0n) is 12.8. The van der Waals surface area contributed by atoms with Crippen molar-refractivity contribution in [3.8, 4) is 0 Å². The van der Waals surface area contributed by atoms with E-state index in [-0.39, 0.29) is 18.0 Å². The van der Waals surface area contributed by atoms with Gasteiger partial charge in [0.25, 0.3) is 0 Å². The van der Waals surface area contributed by atoms with Crippen LogP contribution in [0.25, 0.3) is 0 Å². The third kappa shape index (κ3) is 4.49. The van der Waals surface area contributed by atoms with Crippen molar-refractivity contribution in [2.75, 3.05) is 7.11 Å². The van der Waals surface area contributed by atoms with E-state index in [0.29, 0.717) is 25.2 Å². The van der Waals surface area contributed by atoms with Crippen LogP contribution in [0.3, 0.4) is 0 Å². The van der Waals surface area contributed by atoms with Gasteiger partial charge >= 0.3 is 0 Å². The minimum atomic E-state index is -0.806. The molecule has 0 heterocycles. The number of hydrogen-bond donors (Lipinski definition) is 3. The van der Waals surface area contributed by atoms with E-state index >= 15 is 0 Å². The molecule has 2 unspecified atom stereocenters. The summed E-state index contributed by atoms with van der Waals surface area (Å²) >= 11 is 0. The molecule has 21 heavy (non-hydrogen) atoms. The second kappa shape index (κ2) is 7.68. The summed E-state index contributed by atoms with van der Waals surface area (Å²) in [5.41, 5.74) is 0. The van der Waals surface area contributed by atoms with Crippen LogP contribution in [0.4, 0.5) is 0 Å². The summed E-state index contributed by atoms with van der Waals surface area (Å²) in [5.74, 6) is -0.205. The summed E-state index contributed by atoms with van der Waals surface area (Å²) in [7, 11) is 1.56. The fourth-order valence-corrected chi connectivity index (χ4v) is 3.75. The normalized spacial score (nSPS) is 41.0. The lowest BCUT2D eigenvalue weighted by Gasteiger charge is -2.35. The Balaban J connectivity index is 1.79. The number of aliphatic hydroxyl groups excluding tert-OH is 3. The van der Waals surface area contributed by atoms with E-state index in [4.69, 9.17) is 4.74 Å². The highest BCUT2D eigenvalue weighted by molar-refractivity contribution is 5.82. The van der Waals surface area contributed by atoms with Gasteiger partial charge in [0, 0.05) is 26.4 Å². The first-order chi connectivity index (χ1) is 10.0. The van der Waals surface area contributed by atoms with Gasteiger partial charge in [-0.1, -0.05) is 0 Å². The molecule has 0 aromatic heterocycles. The van der Waals surface area contributed by atoms with E-state index in [9.17, 15) is 20.1 Å². The average Bonchev–Trinajstić information content (AvgIpc) is 2.45. The van der Waals surface area contributed by atoms with Gasteiger partial charge in [0.05, 0.1) is 30.3 Å². The van der Waals surface area contributed by atoms with Crippen molar-refractivity contribution in [3.05, 3.63) is 0 Å². The van der Waals surface area contributed by atoms with Crippen LogP contribution in [0.1, 0.15) is 51.4 Å². The van der Waals surface area contributed by atoms with Gasteiger partial charge < -0.3 is 20.1 Å². The maximum Gasteiger partial charge on any atom is 0.141 e. The van der Waals surface area contributed by atoms with Crippen LogP contribution in [0.15, 0.2) is 0 Å². The van der Waals surface area contributed by atoms with E-state index in [0.717, 1.165) is 32.1 Å². The molecule has 0 saturated heterocycles. The first-order valence-corrected chi connectivity index (χ1v) is 8.11. The Morgan fingerprint density at radius 1 is 1.05 bits per heavy atom. The van der Waals surface area contributed by atoms with Gasteiger partial charge in [-0.05, 0) is 38.0 Å². The van der Waals surface area contributed by atoms with Crippen molar-refractivity contribution in [2.24, 2.45) is 11.8 Å². The van der Waals surface area contributed by atoms with E-state index in [2.05, 4.69) is 0 Å². The molecule has 2 fully saturated rings. The zero-order chi connectivity index (χ0) is 15.4. The van der Waals surface area contributed by atoms with E-state index in [1.54, 1.807) is 7.11 Å². The van der Waals surface area contributed by atoms with Gasteiger partial charge in [-0.2, -0.15) is 0 Å². The number of carbonyl (C=O) groups is 1. The Hall–Kier alpha value is -0.490. The lowest BCUT2D eigenvalue weighted by Crippen LogP contribution is -2.46. The third-order valence-corrected chi connectivity index (χ3v) is 5.16. The standard InChI is InChI=1S/C16H28O5/c1-21-12-8-14(19)16(15(20)9-12)13(18)7-4-10-2-5-11(17)6-3-10/h10-12,14-17,19-20H,2-9H2,1H3. The molecular weight excluding hydrogens is 272 g/mol. The Morgan fingerprint density at radius 3 is 2.14 bits per heavy atom. The molecule has 5 nitrogen and oxygen atoms in total. The number of Topliss-reactive ketones (excluding diaryl/α,β-unsaturated/α-hetero) is 1. The van der Waals surface area contributed by atoms with Crippen molar-refractivity contribution in [3.63, 3.8) is 0 Å². The van der Waals surface area contributed by atoms with Crippen molar-refractivity contribution in [1.29, 1.82) is 0 Å². The van der Waals surface area contributed by atoms with Crippen molar-refractivity contribution >= 4 is 5.78 Å². The van der Waals surface area contributed by atoms with Crippen LogP contribution < -0.4 is 0 Å². The third-order valence-electron chi connectivity index (χ3n) is 5.16. The number of carbonyl (C=O) groups excluding carboxylic acids is 1. The number of ketones is 1. The molecule has 0 amide bonds. The Bertz CT molecular complexity index is 326. The quantitative estimate of drug-likeness (QED) is 0.706. The SMILES string of the molecule is COC1CC(O)C(C(=O)CCC2CCC(O)CC2)C(O)C1. The molecule has 0 aliphatic heterocycles. The molecule has 0 bridgehead atoms. The minimum Gasteiger partial charge on any atom is -0.393 e. The lowest BCUT2D eigenvalue weighted by molar-refractivity contribution is -0.141. The molecule has 2 aliphatic rings. The highest BCUT2D eigenvalue weighted by atomic mass is 16.5. The molecular formula is C16H28O5. The molecule has 0 spiro atoms. The summed E-state index contributed by atoms with van der Waals surface area (Å²) in [5, 5.41) is 29.7. The fraction of sp³-hybridized carbons (Fsp3) is 0.938. The average molecular weight is 300 g/mol. The molecule has 0 aromatic carbocycles. The van der Waals surface area contributed by atoms with E-state index in [1.807, 2.05) is 0 Å². The maximum atomic E-state index is 12.3. The second-order valence-corrected chi connectivity index (χ2v) is 6.67. The highest BCUT2D eigenvalue weighted by Gasteiger charge is 2.40. The fourth-order valence-electron chi connectivity index (χ4n) is 3.75. The summed E-state index contributed by atoms with van der Waals surface area (Å²) in [4.78, 5) is 12.3. The summed E-state index contributed by atoms with van der Waals surface area (Å²) < 4.78 is 5.17. The Kier molecular flexibility index (Phi) is 6.17. The van der Waals surface area contributed by atoms with Crippen LogP contribution in [0.2, 0.25) is 0 Å². The Labute approximate surface area is 126 Å². The van der Waals surface area contributed by atoms with Gasteiger partial charge in [-0.25, -0.2) is 0 Å². The summed E-state index contributed by atoms with van der Waals surface area (Å²) in [6.45, 7) is 0. The van der Waals surface area contributed by atoms with Crippen LogP contribution >= 0.6 is 0 Å². The van der Waals surface area contributed by atoms with E-state index in [1.165, 1.54) is 0 Å². The van der Waals surface area contributed by atoms with Crippen LogP contribution in [0.5, 0.6) is 0 Å². The number of aliphatic hydroxyl groups is 3. The molecule has 2 atom stereocenters. The van der Waals surface area contributed by atoms with Gasteiger partial charge in [0.1, 0.15) is 5.78 Å². The van der Waals surface area contributed by atoms with E-state index < -0.39 is 18.1 Å². The van der Waals surface area contributed by atoms with Crippen molar-refractivity contribution in [2.45, 2.75) is 75.8 Å². The van der Waals surface area contributed by atoms with Crippen LogP contribution in [-0.2, 0) is 9.53 Å². The highest BCUT2D eigenvalue weighted by Crippen LogP contribution is 2.31. The molecule has 122 valence electrons. The van der Waals surface area contributed by atoms with Crippen LogP contribution in [-0.4, -0.2) is 52.6 Å². The predicted molar refractivity (Wildman–Crippen MR) is 77.7 cm³/mol. The van der Waals surface area contributed by atoms with Gasteiger partial charge in [0.2, 0.25) is 0 Å².